The van der Waals surface area contributed by atoms with Crippen molar-refractivity contribution in [1.82, 2.24) is 0 Å². The molecule has 0 fully saturated rings. The maximum Gasteiger partial charge on any atom is 0.335 e. The van der Waals surface area contributed by atoms with Crippen LogP contribution in [0, 0.1) is 11.6 Å². The van der Waals surface area contributed by atoms with Crippen LogP contribution in [0.3, 0.4) is 0 Å². The minimum Gasteiger partial charge on any atom is -0.478 e. The molecule has 5 heteroatoms. The van der Waals surface area contributed by atoms with Gasteiger partial charge in [0.15, 0.2) is 0 Å². The summed E-state index contributed by atoms with van der Waals surface area (Å²) in [4.78, 5) is 10.6. The number of hydrogen-bond donors (Lipinski definition) is 2. The van der Waals surface area contributed by atoms with Crippen molar-refractivity contribution in [3.05, 3.63) is 29.3 Å². The first-order valence-electron chi connectivity index (χ1n) is 6.02. The van der Waals surface area contributed by atoms with Crippen LogP contribution in [0.25, 0.3) is 0 Å². The molecule has 0 aromatic heterocycles. The zero-order valence-electron chi connectivity index (χ0n) is 10.3. The third-order valence-corrected chi connectivity index (χ3v) is 2.62. The number of aromatic carboxylic acids is 1. The van der Waals surface area contributed by atoms with E-state index in [0.29, 0.717) is 6.54 Å². The van der Waals surface area contributed by atoms with Gasteiger partial charge in [0.2, 0.25) is 0 Å². The van der Waals surface area contributed by atoms with E-state index >= 15 is 0 Å². The highest BCUT2D eigenvalue weighted by Crippen LogP contribution is 2.21. The molecule has 0 aliphatic rings. The number of rotatable bonds is 7. The van der Waals surface area contributed by atoms with Crippen LogP contribution in [0.1, 0.15) is 43.0 Å². The average Bonchev–Trinajstić information content (AvgIpc) is 2.31. The maximum atomic E-state index is 13.5. The quantitative estimate of drug-likeness (QED) is 0.733. The Bertz CT molecular complexity index is 398. The minimum atomic E-state index is -1.35. The Hall–Kier alpha value is -1.65. The predicted molar refractivity (Wildman–Crippen MR) is 65.9 cm³/mol. The molecule has 1 rings (SSSR count). The van der Waals surface area contributed by atoms with Crippen molar-refractivity contribution in [2.75, 3.05) is 11.9 Å². The summed E-state index contributed by atoms with van der Waals surface area (Å²) in [6.45, 7) is 2.55. The summed E-state index contributed by atoms with van der Waals surface area (Å²) in [5.74, 6) is -3.09. The van der Waals surface area contributed by atoms with E-state index in [1.165, 1.54) is 0 Å². The highest BCUT2D eigenvalue weighted by atomic mass is 19.1. The zero-order valence-corrected chi connectivity index (χ0v) is 10.3. The summed E-state index contributed by atoms with van der Waals surface area (Å²) in [5, 5.41) is 11.3. The van der Waals surface area contributed by atoms with Crippen LogP contribution in [0.2, 0.25) is 0 Å². The third kappa shape index (κ3) is 3.98. The van der Waals surface area contributed by atoms with E-state index in [0.717, 1.165) is 37.8 Å². The molecule has 3 nitrogen and oxygen atoms in total. The SMILES string of the molecule is CCCCCCNc1c(F)cc(C(=O)O)cc1F. The number of carbonyl (C=O) groups is 1. The van der Waals surface area contributed by atoms with E-state index in [4.69, 9.17) is 5.11 Å². The van der Waals surface area contributed by atoms with Gasteiger partial charge in [-0.3, -0.25) is 0 Å². The van der Waals surface area contributed by atoms with Gasteiger partial charge in [0.1, 0.15) is 17.3 Å². The maximum absolute atomic E-state index is 13.5. The number of unbranched alkanes of at least 4 members (excludes halogenated alkanes) is 3. The summed E-state index contributed by atoms with van der Waals surface area (Å²) in [7, 11) is 0. The lowest BCUT2D eigenvalue weighted by Gasteiger charge is -2.09. The molecule has 100 valence electrons. The summed E-state index contributed by atoms with van der Waals surface area (Å²) in [6.07, 6.45) is 4.01. The molecule has 1 aromatic carbocycles. The lowest BCUT2D eigenvalue weighted by Crippen LogP contribution is -2.08. The van der Waals surface area contributed by atoms with Gasteiger partial charge in [-0.25, -0.2) is 13.6 Å². The van der Waals surface area contributed by atoms with Gasteiger partial charge in [0.25, 0.3) is 0 Å². The van der Waals surface area contributed by atoms with Gasteiger partial charge < -0.3 is 10.4 Å². The fourth-order valence-electron chi connectivity index (χ4n) is 1.63. The van der Waals surface area contributed by atoms with Gasteiger partial charge in [-0.2, -0.15) is 0 Å². The van der Waals surface area contributed by atoms with Crippen molar-refractivity contribution < 1.29 is 18.7 Å². The minimum absolute atomic E-state index is 0.253. The Balaban J connectivity index is 2.63. The van der Waals surface area contributed by atoms with Crippen LogP contribution >= 0.6 is 0 Å². The summed E-state index contributed by atoms with van der Waals surface area (Å²) >= 11 is 0. The molecule has 0 radical (unpaired) electrons. The largest absolute Gasteiger partial charge is 0.478 e. The van der Waals surface area contributed by atoms with Gasteiger partial charge >= 0.3 is 5.97 Å². The van der Waals surface area contributed by atoms with Crippen molar-refractivity contribution in [1.29, 1.82) is 0 Å². The Kier molecular flexibility index (Phi) is 5.55. The number of nitrogens with one attached hydrogen (secondary N) is 1. The van der Waals surface area contributed by atoms with Gasteiger partial charge in [0, 0.05) is 6.54 Å². The Morgan fingerprint density at radius 1 is 1.22 bits per heavy atom. The Morgan fingerprint density at radius 3 is 2.33 bits per heavy atom. The topological polar surface area (TPSA) is 49.3 Å². The lowest BCUT2D eigenvalue weighted by atomic mass is 10.1. The fraction of sp³-hybridized carbons (Fsp3) is 0.462. The first-order valence-corrected chi connectivity index (χ1v) is 6.02. The van der Waals surface area contributed by atoms with E-state index < -0.39 is 17.6 Å². The van der Waals surface area contributed by atoms with Crippen molar-refractivity contribution in [2.45, 2.75) is 32.6 Å². The monoisotopic (exact) mass is 257 g/mol. The number of halogens is 2. The number of anilines is 1. The van der Waals surface area contributed by atoms with Crippen molar-refractivity contribution >= 4 is 11.7 Å². The highest BCUT2D eigenvalue weighted by molar-refractivity contribution is 5.88. The molecule has 0 spiro atoms. The molecular weight excluding hydrogens is 240 g/mol. The second-order valence-corrected chi connectivity index (χ2v) is 4.11. The van der Waals surface area contributed by atoms with Crippen molar-refractivity contribution in [2.24, 2.45) is 0 Å². The second-order valence-electron chi connectivity index (χ2n) is 4.11. The van der Waals surface area contributed by atoms with Crippen LogP contribution in [0.4, 0.5) is 14.5 Å². The Morgan fingerprint density at radius 2 is 1.83 bits per heavy atom. The molecule has 0 heterocycles. The standard InChI is InChI=1S/C13H17F2NO2/c1-2-3-4-5-6-16-12-10(14)7-9(13(17)18)8-11(12)15/h7-8,16H,2-6H2,1H3,(H,17,18). The second kappa shape index (κ2) is 6.93. The normalized spacial score (nSPS) is 10.4. The molecule has 0 amide bonds. The summed E-state index contributed by atoms with van der Waals surface area (Å²) < 4.78 is 27.0. The highest BCUT2D eigenvalue weighted by Gasteiger charge is 2.13. The summed E-state index contributed by atoms with van der Waals surface area (Å²) in [5.41, 5.74) is -0.641. The summed E-state index contributed by atoms with van der Waals surface area (Å²) in [6, 6.07) is 1.64. The molecular formula is C13H17F2NO2. The van der Waals surface area contributed by atoms with Crippen LogP contribution in [0.15, 0.2) is 12.1 Å². The lowest BCUT2D eigenvalue weighted by molar-refractivity contribution is 0.0696. The first-order chi connectivity index (χ1) is 8.56. The smallest absolute Gasteiger partial charge is 0.335 e. The first kappa shape index (κ1) is 14.4. The van der Waals surface area contributed by atoms with Crippen LogP contribution in [-0.4, -0.2) is 17.6 Å². The van der Waals surface area contributed by atoms with E-state index in [2.05, 4.69) is 12.2 Å². The molecule has 0 aliphatic heterocycles. The van der Waals surface area contributed by atoms with E-state index in [1.54, 1.807) is 0 Å². The third-order valence-electron chi connectivity index (χ3n) is 2.62. The van der Waals surface area contributed by atoms with Gasteiger partial charge in [-0.05, 0) is 18.6 Å². The van der Waals surface area contributed by atoms with E-state index in [9.17, 15) is 13.6 Å². The molecule has 0 unspecified atom stereocenters. The van der Waals surface area contributed by atoms with Crippen LogP contribution in [-0.2, 0) is 0 Å². The van der Waals surface area contributed by atoms with Crippen molar-refractivity contribution in [3.8, 4) is 0 Å². The average molecular weight is 257 g/mol. The number of hydrogen-bond acceptors (Lipinski definition) is 2. The number of benzene rings is 1. The van der Waals surface area contributed by atoms with Crippen molar-refractivity contribution in [3.63, 3.8) is 0 Å². The molecule has 0 saturated carbocycles. The van der Waals surface area contributed by atoms with E-state index in [1.807, 2.05) is 0 Å². The van der Waals surface area contributed by atoms with Crippen LogP contribution < -0.4 is 5.32 Å². The molecule has 0 bridgehead atoms. The predicted octanol–water partition coefficient (Wildman–Crippen LogP) is 3.66. The zero-order chi connectivity index (χ0) is 13.5. The van der Waals surface area contributed by atoms with Gasteiger partial charge in [-0.1, -0.05) is 26.2 Å². The molecule has 0 aliphatic carbocycles. The molecule has 1 aromatic rings. The molecule has 0 atom stereocenters. The van der Waals surface area contributed by atoms with E-state index in [-0.39, 0.29) is 11.3 Å². The fourth-order valence-corrected chi connectivity index (χ4v) is 1.63. The number of carboxylic acid groups (broad SMARTS) is 1. The van der Waals surface area contributed by atoms with Gasteiger partial charge in [-0.15, -0.1) is 0 Å². The molecule has 2 N–H and O–H groups in total. The number of carboxylic acids is 1. The van der Waals surface area contributed by atoms with Gasteiger partial charge in [0.05, 0.1) is 5.56 Å². The molecule has 18 heavy (non-hydrogen) atoms. The molecule has 0 saturated heterocycles. The Labute approximate surface area is 105 Å². The van der Waals surface area contributed by atoms with Crippen LogP contribution in [0.5, 0.6) is 0 Å².